The number of hydrogen-bond donors (Lipinski definition) is 1. The molecule has 0 amide bonds. The van der Waals surface area contributed by atoms with Crippen LogP contribution in [0.5, 0.6) is 0 Å². The standard InChI is InChI=1S/C13H22N4O2S/c1-9(10-5-6-10)17-12(14)11(20(2,18)19)13(15-17)16-7-3-4-8-16/h9-10H,3-8,14H2,1-2H3. The van der Waals surface area contributed by atoms with E-state index in [4.69, 9.17) is 5.73 Å². The van der Waals surface area contributed by atoms with Crippen molar-refractivity contribution in [3.05, 3.63) is 0 Å². The summed E-state index contributed by atoms with van der Waals surface area (Å²) >= 11 is 0. The molecule has 20 heavy (non-hydrogen) atoms. The molecule has 1 saturated heterocycles. The summed E-state index contributed by atoms with van der Waals surface area (Å²) in [7, 11) is -3.37. The van der Waals surface area contributed by atoms with Crippen LogP contribution in [0.3, 0.4) is 0 Å². The second-order valence-electron chi connectivity index (χ2n) is 6.03. The zero-order chi connectivity index (χ0) is 14.5. The lowest BCUT2D eigenvalue weighted by atomic mass is 10.2. The van der Waals surface area contributed by atoms with E-state index in [0.717, 1.165) is 25.9 Å². The maximum absolute atomic E-state index is 12.1. The van der Waals surface area contributed by atoms with Crippen molar-refractivity contribution >= 4 is 21.5 Å². The first-order valence-electron chi connectivity index (χ1n) is 7.22. The molecule has 1 aromatic heterocycles. The number of anilines is 2. The largest absolute Gasteiger partial charge is 0.383 e. The van der Waals surface area contributed by atoms with E-state index in [2.05, 4.69) is 12.0 Å². The van der Waals surface area contributed by atoms with E-state index in [1.807, 2.05) is 4.90 Å². The van der Waals surface area contributed by atoms with Gasteiger partial charge in [0.2, 0.25) is 0 Å². The molecule has 1 saturated carbocycles. The third kappa shape index (κ3) is 2.28. The van der Waals surface area contributed by atoms with Crippen LogP contribution < -0.4 is 10.6 Å². The van der Waals surface area contributed by atoms with Crippen LogP contribution >= 0.6 is 0 Å². The summed E-state index contributed by atoms with van der Waals surface area (Å²) in [5.41, 5.74) is 6.12. The van der Waals surface area contributed by atoms with Gasteiger partial charge in [0.05, 0.1) is 6.04 Å². The summed E-state index contributed by atoms with van der Waals surface area (Å²) in [5, 5.41) is 4.56. The highest BCUT2D eigenvalue weighted by atomic mass is 32.2. The Morgan fingerprint density at radius 2 is 1.90 bits per heavy atom. The van der Waals surface area contributed by atoms with Crippen molar-refractivity contribution < 1.29 is 8.42 Å². The minimum absolute atomic E-state index is 0.173. The highest BCUT2D eigenvalue weighted by Gasteiger charge is 2.35. The van der Waals surface area contributed by atoms with Crippen LogP contribution in [0.1, 0.15) is 38.6 Å². The molecule has 7 heteroatoms. The van der Waals surface area contributed by atoms with E-state index >= 15 is 0 Å². The number of hydrogen-bond acceptors (Lipinski definition) is 5. The molecule has 0 spiro atoms. The molecule has 1 unspecified atom stereocenters. The third-order valence-corrected chi connectivity index (χ3v) is 5.48. The van der Waals surface area contributed by atoms with E-state index < -0.39 is 9.84 Å². The molecule has 1 aromatic rings. The highest BCUT2D eigenvalue weighted by Crippen LogP contribution is 2.42. The average molecular weight is 298 g/mol. The van der Waals surface area contributed by atoms with Crippen LogP contribution in [0, 0.1) is 5.92 Å². The van der Waals surface area contributed by atoms with Crippen LogP contribution in [-0.2, 0) is 9.84 Å². The molecule has 1 atom stereocenters. The first-order chi connectivity index (χ1) is 9.39. The Hall–Kier alpha value is -1.24. The topological polar surface area (TPSA) is 81.2 Å². The predicted octanol–water partition coefficient (Wildman–Crippen LogP) is 1.44. The van der Waals surface area contributed by atoms with Crippen molar-refractivity contribution in [2.24, 2.45) is 5.92 Å². The van der Waals surface area contributed by atoms with Gasteiger partial charge in [0.15, 0.2) is 20.6 Å². The van der Waals surface area contributed by atoms with Crippen molar-refractivity contribution in [2.75, 3.05) is 30.0 Å². The van der Waals surface area contributed by atoms with E-state index in [1.165, 1.54) is 19.1 Å². The van der Waals surface area contributed by atoms with Crippen LogP contribution in [-0.4, -0.2) is 37.5 Å². The van der Waals surface area contributed by atoms with Gasteiger partial charge >= 0.3 is 0 Å². The van der Waals surface area contributed by atoms with Crippen LogP contribution in [0.2, 0.25) is 0 Å². The normalized spacial score (nSPS) is 21.4. The molecule has 0 bridgehead atoms. The Balaban J connectivity index is 2.09. The number of nitrogens with two attached hydrogens (primary N) is 1. The number of rotatable bonds is 4. The van der Waals surface area contributed by atoms with Crippen molar-refractivity contribution in [1.29, 1.82) is 0 Å². The molecular formula is C13H22N4O2S. The Morgan fingerprint density at radius 3 is 2.40 bits per heavy atom. The fourth-order valence-electron chi connectivity index (χ4n) is 3.00. The third-order valence-electron chi connectivity index (χ3n) is 4.35. The zero-order valence-corrected chi connectivity index (χ0v) is 12.9. The van der Waals surface area contributed by atoms with Crippen LogP contribution in [0.4, 0.5) is 11.6 Å². The van der Waals surface area contributed by atoms with Crippen molar-refractivity contribution in [2.45, 2.75) is 43.5 Å². The molecule has 2 fully saturated rings. The van der Waals surface area contributed by atoms with E-state index in [9.17, 15) is 8.42 Å². The summed E-state index contributed by atoms with van der Waals surface area (Å²) in [6, 6.07) is 0.173. The molecular weight excluding hydrogens is 276 g/mol. The molecule has 2 aliphatic rings. The minimum Gasteiger partial charge on any atom is -0.383 e. The molecule has 0 radical (unpaired) electrons. The second kappa shape index (κ2) is 4.65. The van der Waals surface area contributed by atoms with Gasteiger partial charge < -0.3 is 10.6 Å². The van der Waals surface area contributed by atoms with Gasteiger partial charge in [-0.25, -0.2) is 13.1 Å². The molecule has 112 valence electrons. The Kier molecular flexibility index (Phi) is 3.19. The SMILES string of the molecule is CC(C1CC1)n1nc(N2CCCC2)c(S(C)(=O)=O)c1N. The second-order valence-corrected chi connectivity index (χ2v) is 7.98. The number of nitrogens with zero attached hydrogens (tertiary/aromatic N) is 3. The smallest absolute Gasteiger partial charge is 0.182 e. The van der Waals surface area contributed by atoms with Gasteiger partial charge in [-0.1, -0.05) is 0 Å². The molecule has 0 aromatic carbocycles. The fourth-order valence-corrected chi connectivity index (χ4v) is 3.98. The molecule has 2 N–H and O–H groups in total. The quantitative estimate of drug-likeness (QED) is 0.909. The predicted molar refractivity (Wildman–Crippen MR) is 78.6 cm³/mol. The first-order valence-corrected chi connectivity index (χ1v) is 9.11. The highest BCUT2D eigenvalue weighted by molar-refractivity contribution is 7.91. The van der Waals surface area contributed by atoms with Crippen LogP contribution in [0.25, 0.3) is 0 Å². The summed E-state index contributed by atoms with van der Waals surface area (Å²) in [4.78, 5) is 2.26. The Labute approximate surface area is 119 Å². The maximum atomic E-state index is 12.1. The Bertz CT molecular complexity index is 613. The molecule has 1 aliphatic heterocycles. The monoisotopic (exact) mass is 298 g/mol. The van der Waals surface area contributed by atoms with E-state index in [0.29, 0.717) is 17.6 Å². The van der Waals surface area contributed by atoms with Gasteiger partial charge in [0.25, 0.3) is 0 Å². The fraction of sp³-hybridized carbons (Fsp3) is 0.769. The van der Waals surface area contributed by atoms with Gasteiger partial charge in [0, 0.05) is 19.3 Å². The summed E-state index contributed by atoms with van der Waals surface area (Å²) in [6.45, 7) is 3.79. The van der Waals surface area contributed by atoms with Crippen LogP contribution in [0.15, 0.2) is 4.90 Å². The lowest BCUT2D eigenvalue weighted by Gasteiger charge is -2.15. The van der Waals surface area contributed by atoms with Crippen molar-refractivity contribution in [1.82, 2.24) is 9.78 Å². The minimum atomic E-state index is -3.37. The average Bonchev–Trinajstić information content (AvgIpc) is 2.94. The zero-order valence-electron chi connectivity index (χ0n) is 12.0. The molecule has 3 rings (SSSR count). The van der Waals surface area contributed by atoms with Crippen molar-refractivity contribution in [3.8, 4) is 0 Å². The first kappa shape index (κ1) is 13.7. The maximum Gasteiger partial charge on any atom is 0.182 e. The summed E-state index contributed by atoms with van der Waals surface area (Å²) in [6.07, 6.45) is 5.72. The number of nitrogen functional groups attached to an aromatic ring is 1. The van der Waals surface area contributed by atoms with Gasteiger partial charge in [-0.3, -0.25) is 0 Å². The Morgan fingerprint density at radius 1 is 1.30 bits per heavy atom. The van der Waals surface area contributed by atoms with E-state index in [1.54, 1.807) is 4.68 Å². The van der Waals surface area contributed by atoms with Gasteiger partial charge in [-0.2, -0.15) is 5.10 Å². The number of sulfone groups is 1. The number of aromatic nitrogens is 2. The summed E-state index contributed by atoms with van der Waals surface area (Å²) in [5.74, 6) is 1.43. The summed E-state index contributed by atoms with van der Waals surface area (Å²) < 4.78 is 25.9. The molecule has 1 aliphatic carbocycles. The lowest BCUT2D eigenvalue weighted by molar-refractivity contribution is 0.446. The van der Waals surface area contributed by atoms with Gasteiger partial charge in [0.1, 0.15) is 5.82 Å². The molecule has 6 nitrogen and oxygen atoms in total. The van der Waals surface area contributed by atoms with Gasteiger partial charge in [-0.15, -0.1) is 0 Å². The van der Waals surface area contributed by atoms with Crippen molar-refractivity contribution in [3.63, 3.8) is 0 Å². The van der Waals surface area contributed by atoms with E-state index in [-0.39, 0.29) is 10.9 Å². The van der Waals surface area contributed by atoms with Gasteiger partial charge in [-0.05, 0) is 38.5 Å². The lowest BCUT2D eigenvalue weighted by Crippen LogP contribution is -2.20. The molecule has 2 heterocycles.